The van der Waals surface area contributed by atoms with Gasteiger partial charge in [-0.3, -0.25) is 4.79 Å². The monoisotopic (exact) mass is 237 g/mol. The summed E-state index contributed by atoms with van der Waals surface area (Å²) < 4.78 is 0. The number of anilines is 1. The van der Waals surface area contributed by atoms with Gasteiger partial charge in [0.15, 0.2) is 0 Å². The normalized spacial score (nSPS) is 15.6. The van der Waals surface area contributed by atoms with E-state index in [4.69, 9.17) is 5.73 Å². The van der Waals surface area contributed by atoms with Crippen LogP contribution in [0.4, 0.5) is 5.95 Å². The van der Waals surface area contributed by atoms with Crippen molar-refractivity contribution in [1.82, 2.24) is 25.6 Å². The highest BCUT2D eigenvalue weighted by Gasteiger charge is 2.08. The second kappa shape index (κ2) is 5.37. The summed E-state index contributed by atoms with van der Waals surface area (Å²) in [6.45, 7) is -0.0268. The third kappa shape index (κ3) is 3.51. The molecule has 92 valence electrons. The number of carbonyl (C=O) groups excluding carboxylic acids is 1. The quantitative estimate of drug-likeness (QED) is 0.700. The summed E-state index contributed by atoms with van der Waals surface area (Å²) in [7, 11) is 0. The highest BCUT2D eigenvalue weighted by atomic mass is 16.2. The number of carbonyl (C=O) groups is 1. The molecule has 1 aromatic rings. The number of nitrogen functional groups attached to an aromatic ring is 1. The number of nitrogens with zero attached hydrogens (tertiary/aromatic N) is 5. The molecule has 8 heteroatoms. The maximum absolute atomic E-state index is 11.5. The molecule has 0 radical (unpaired) electrons. The molecule has 17 heavy (non-hydrogen) atoms. The van der Waals surface area contributed by atoms with Gasteiger partial charge in [0.05, 0.1) is 0 Å². The first-order valence-corrected chi connectivity index (χ1v) is 5.61. The van der Waals surface area contributed by atoms with Crippen molar-refractivity contribution >= 4 is 17.6 Å². The van der Waals surface area contributed by atoms with Crippen molar-refractivity contribution < 1.29 is 4.79 Å². The molecule has 1 aliphatic carbocycles. The number of amides is 1. The van der Waals surface area contributed by atoms with Crippen LogP contribution < -0.4 is 11.2 Å². The van der Waals surface area contributed by atoms with Gasteiger partial charge in [0.25, 0.3) is 11.9 Å². The van der Waals surface area contributed by atoms with Crippen molar-refractivity contribution in [3.8, 4) is 0 Å². The van der Waals surface area contributed by atoms with Gasteiger partial charge in [0, 0.05) is 5.71 Å². The lowest BCUT2D eigenvalue weighted by atomic mass is 9.99. The Morgan fingerprint density at radius 2 is 2.18 bits per heavy atom. The van der Waals surface area contributed by atoms with Crippen molar-refractivity contribution in [2.45, 2.75) is 38.6 Å². The lowest BCUT2D eigenvalue weighted by molar-refractivity contribution is -0.122. The van der Waals surface area contributed by atoms with Crippen LogP contribution in [0.5, 0.6) is 0 Å². The standard InChI is InChI=1S/C9H15N7O/c10-9-13-15-16(14-9)6-8(17)12-11-7-4-2-1-3-5-7/h1-6H2,(H2,10,14)(H,12,17). The van der Waals surface area contributed by atoms with Crippen LogP contribution in [0.3, 0.4) is 0 Å². The fourth-order valence-electron chi connectivity index (χ4n) is 1.70. The summed E-state index contributed by atoms with van der Waals surface area (Å²) in [4.78, 5) is 12.6. The smallest absolute Gasteiger partial charge is 0.263 e. The topological polar surface area (TPSA) is 111 Å². The molecule has 1 fully saturated rings. The molecule has 0 aliphatic heterocycles. The molecule has 0 bridgehead atoms. The van der Waals surface area contributed by atoms with Crippen LogP contribution in [-0.4, -0.2) is 31.8 Å². The molecule has 1 heterocycles. The lowest BCUT2D eigenvalue weighted by Crippen LogP contribution is -2.26. The van der Waals surface area contributed by atoms with Gasteiger partial charge in [-0.1, -0.05) is 11.5 Å². The molecule has 1 amide bonds. The molecule has 0 spiro atoms. The summed E-state index contributed by atoms with van der Waals surface area (Å²) in [5, 5.41) is 14.8. The predicted octanol–water partition coefficient (Wildman–Crippen LogP) is -0.308. The zero-order valence-corrected chi connectivity index (χ0v) is 9.46. The van der Waals surface area contributed by atoms with E-state index in [0.717, 1.165) is 36.2 Å². The van der Waals surface area contributed by atoms with Crippen LogP contribution in [0.2, 0.25) is 0 Å². The summed E-state index contributed by atoms with van der Waals surface area (Å²) in [6, 6.07) is 0. The van der Waals surface area contributed by atoms with Gasteiger partial charge in [-0.15, -0.1) is 5.10 Å². The van der Waals surface area contributed by atoms with E-state index in [1.807, 2.05) is 0 Å². The van der Waals surface area contributed by atoms with E-state index in [-0.39, 0.29) is 18.4 Å². The highest BCUT2D eigenvalue weighted by Crippen LogP contribution is 2.14. The third-order valence-corrected chi connectivity index (χ3v) is 2.52. The van der Waals surface area contributed by atoms with Crippen LogP contribution in [0.1, 0.15) is 32.1 Å². The van der Waals surface area contributed by atoms with E-state index < -0.39 is 0 Å². The SMILES string of the molecule is Nc1nnn(CC(=O)NN=C2CCCCC2)n1. The van der Waals surface area contributed by atoms with Crippen LogP contribution in [0.25, 0.3) is 0 Å². The molecule has 1 aromatic heterocycles. The number of aromatic nitrogens is 4. The Hall–Kier alpha value is -1.99. The van der Waals surface area contributed by atoms with Gasteiger partial charge in [-0.25, -0.2) is 5.43 Å². The number of rotatable bonds is 3. The Kier molecular flexibility index (Phi) is 3.63. The minimum Gasteiger partial charge on any atom is -0.365 e. The van der Waals surface area contributed by atoms with Crippen LogP contribution >= 0.6 is 0 Å². The molecule has 2 rings (SSSR count). The first-order valence-electron chi connectivity index (χ1n) is 5.61. The molecule has 0 unspecified atom stereocenters. The first kappa shape index (κ1) is 11.5. The third-order valence-electron chi connectivity index (χ3n) is 2.52. The lowest BCUT2D eigenvalue weighted by Gasteiger charge is -2.11. The molecule has 0 aromatic carbocycles. The molecule has 0 saturated heterocycles. The molecular weight excluding hydrogens is 222 g/mol. The Bertz CT molecular complexity index is 417. The van der Waals surface area contributed by atoms with Crippen molar-refractivity contribution in [2.75, 3.05) is 5.73 Å². The number of nitrogens with one attached hydrogen (secondary N) is 1. The Labute approximate surface area is 98.2 Å². The van der Waals surface area contributed by atoms with E-state index in [0.29, 0.717) is 0 Å². The summed E-state index contributed by atoms with van der Waals surface area (Å²) in [5.41, 5.74) is 8.82. The average molecular weight is 237 g/mol. The van der Waals surface area contributed by atoms with E-state index in [2.05, 4.69) is 25.9 Å². The van der Waals surface area contributed by atoms with Crippen LogP contribution in [0.15, 0.2) is 5.10 Å². The fourth-order valence-corrected chi connectivity index (χ4v) is 1.70. The second-order valence-electron chi connectivity index (χ2n) is 3.95. The maximum atomic E-state index is 11.5. The molecule has 0 atom stereocenters. The number of nitrogens with two attached hydrogens (primary N) is 1. The minimum absolute atomic E-state index is 0.0268. The van der Waals surface area contributed by atoms with Gasteiger partial charge >= 0.3 is 0 Å². The van der Waals surface area contributed by atoms with Gasteiger partial charge in [-0.2, -0.15) is 9.90 Å². The fraction of sp³-hybridized carbons (Fsp3) is 0.667. The van der Waals surface area contributed by atoms with Gasteiger partial charge in [0.2, 0.25) is 0 Å². The minimum atomic E-state index is -0.277. The number of tetrazole rings is 1. The zero-order chi connectivity index (χ0) is 12.1. The molecule has 3 N–H and O–H groups in total. The van der Waals surface area contributed by atoms with Gasteiger partial charge < -0.3 is 5.73 Å². The number of hydrazone groups is 1. The summed E-state index contributed by atoms with van der Waals surface area (Å²) in [5.74, 6) is -0.225. The van der Waals surface area contributed by atoms with Crippen molar-refractivity contribution in [3.63, 3.8) is 0 Å². The second-order valence-corrected chi connectivity index (χ2v) is 3.95. The number of hydrogen-bond acceptors (Lipinski definition) is 6. The largest absolute Gasteiger partial charge is 0.365 e. The zero-order valence-electron chi connectivity index (χ0n) is 9.46. The van der Waals surface area contributed by atoms with Crippen LogP contribution in [0, 0.1) is 0 Å². The van der Waals surface area contributed by atoms with Crippen molar-refractivity contribution in [2.24, 2.45) is 5.10 Å². The summed E-state index contributed by atoms with van der Waals surface area (Å²) in [6.07, 6.45) is 5.48. The summed E-state index contributed by atoms with van der Waals surface area (Å²) >= 11 is 0. The highest BCUT2D eigenvalue weighted by molar-refractivity contribution is 5.86. The average Bonchev–Trinajstić information content (AvgIpc) is 2.73. The Balaban J connectivity index is 1.81. The van der Waals surface area contributed by atoms with Gasteiger partial charge in [-0.05, 0) is 30.9 Å². The van der Waals surface area contributed by atoms with E-state index in [1.54, 1.807) is 0 Å². The molecular formula is C9H15N7O. The van der Waals surface area contributed by atoms with E-state index >= 15 is 0 Å². The van der Waals surface area contributed by atoms with E-state index in [9.17, 15) is 4.79 Å². The first-order chi connectivity index (χ1) is 8.24. The van der Waals surface area contributed by atoms with Crippen molar-refractivity contribution in [1.29, 1.82) is 0 Å². The molecule has 1 saturated carbocycles. The van der Waals surface area contributed by atoms with Crippen LogP contribution in [-0.2, 0) is 11.3 Å². The predicted molar refractivity (Wildman–Crippen MR) is 60.9 cm³/mol. The number of hydrogen-bond donors (Lipinski definition) is 2. The Morgan fingerprint density at radius 3 is 2.82 bits per heavy atom. The maximum Gasteiger partial charge on any atom is 0.263 e. The van der Waals surface area contributed by atoms with Crippen molar-refractivity contribution in [3.05, 3.63) is 0 Å². The van der Waals surface area contributed by atoms with E-state index in [1.165, 1.54) is 6.42 Å². The molecule has 1 aliphatic rings. The Morgan fingerprint density at radius 1 is 1.41 bits per heavy atom. The molecule has 8 nitrogen and oxygen atoms in total. The van der Waals surface area contributed by atoms with Gasteiger partial charge in [0.1, 0.15) is 6.54 Å².